The first-order chi connectivity index (χ1) is 15.9. The standard InChI is InChI=1S/C23H28ClN5O4/c1-2-29(28-8-10-32-11-9-28)21(30)15-33-20-13-16(22(25)26)6-7-18(20)14-27-23(31)17-4-3-5-19(24)12-17/h3-7,12-13H,2,8-11,14-15H2,1H3,(H3,25,26)(H,27,31). The molecule has 2 amide bonds. The minimum Gasteiger partial charge on any atom is -0.483 e. The zero-order chi connectivity index (χ0) is 23.8. The first kappa shape index (κ1) is 24.5. The molecule has 10 heteroatoms. The van der Waals surface area contributed by atoms with Gasteiger partial charge in [0.25, 0.3) is 11.8 Å². The van der Waals surface area contributed by atoms with Gasteiger partial charge in [-0.3, -0.25) is 20.0 Å². The lowest BCUT2D eigenvalue weighted by molar-refractivity contribution is -0.158. The molecule has 1 fully saturated rings. The molecule has 0 unspecified atom stereocenters. The van der Waals surface area contributed by atoms with Crippen molar-refractivity contribution < 1.29 is 19.1 Å². The summed E-state index contributed by atoms with van der Waals surface area (Å²) in [6, 6.07) is 11.6. The highest BCUT2D eigenvalue weighted by Crippen LogP contribution is 2.21. The number of amides is 2. The van der Waals surface area contributed by atoms with E-state index in [0.29, 0.717) is 60.3 Å². The van der Waals surface area contributed by atoms with Crippen LogP contribution in [0.15, 0.2) is 42.5 Å². The lowest BCUT2D eigenvalue weighted by Gasteiger charge is -2.36. The van der Waals surface area contributed by atoms with E-state index < -0.39 is 0 Å². The topological polar surface area (TPSA) is 121 Å². The third-order valence-electron chi connectivity index (χ3n) is 5.17. The lowest BCUT2D eigenvalue weighted by Crippen LogP contribution is -2.52. The van der Waals surface area contributed by atoms with E-state index in [9.17, 15) is 9.59 Å². The van der Waals surface area contributed by atoms with Crippen molar-refractivity contribution in [3.63, 3.8) is 0 Å². The van der Waals surface area contributed by atoms with E-state index in [1.807, 2.05) is 11.9 Å². The summed E-state index contributed by atoms with van der Waals surface area (Å²) in [4.78, 5) is 25.3. The maximum absolute atomic E-state index is 12.8. The highest BCUT2D eigenvalue weighted by atomic mass is 35.5. The number of nitrogens with one attached hydrogen (secondary N) is 2. The van der Waals surface area contributed by atoms with Gasteiger partial charge in [-0.2, -0.15) is 0 Å². The molecule has 0 bridgehead atoms. The summed E-state index contributed by atoms with van der Waals surface area (Å²) < 4.78 is 11.2. The van der Waals surface area contributed by atoms with Crippen molar-refractivity contribution in [3.8, 4) is 5.75 Å². The summed E-state index contributed by atoms with van der Waals surface area (Å²) in [5.74, 6) is -0.231. The van der Waals surface area contributed by atoms with E-state index in [0.717, 1.165) is 0 Å². The first-order valence-electron chi connectivity index (χ1n) is 10.7. The van der Waals surface area contributed by atoms with Crippen LogP contribution in [-0.4, -0.2) is 67.1 Å². The molecular formula is C23H28ClN5O4. The average Bonchev–Trinajstić information content (AvgIpc) is 2.82. The van der Waals surface area contributed by atoms with Crippen LogP contribution in [0.1, 0.15) is 28.4 Å². The molecule has 0 aromatic heterocycles. The molecular weight excluding hydrogens is 446 g/mol. The van der Waals surface area contributed by atoms with Gasteiger partial charge in [0, 0.05) is 47.9 Å². The van der Waals surface area contributed by atoms with Gasteiger partial charge in [0.05, 0.1) is 13.2 Å². The second-order valence-electron chi connectivity index (χ2n) is 7.39. The number of nitrogen functional groups attached to an aromatic ring is 1. The maximum Gasteiger partial charge on any atom is 0.274 e. The van der Waals surface area contributed by atoms with Crippen LogP contribution in [-0.2, 0) is 16.1 Å². The van der Waals surface area contributed by atoms with Gasteiger partial charge in [-0.1, -0.05) is 29.8 Å². The summed E-state index contributed by atoms with van der Waals surface area (Å²) in [5, 5.41) is 14.6. The van der Waals surface area contributed by atoms with Crippen molar-refractivity contribution in [1.29, 1.82) is 5.41 Å². The van der Waals surface area contributed by atoms with E-state index in [1.165, 1.54) is 0 Å². The average molecular weight is 474 g/mol. The summed E-state index contributed by atoms with van der Waals surface area (Å²) in [5.41, 5.74) is 7.17. The van der Waals surface area contributed by atoms with E-state index >= 15 is 0 Å². The molecule has 33 heavy (non-hydrogen) atoms. The van der Waals surface area contributed by atoms with Crippen LogP contribution in [0.3, 0.4) is 0 Å². The number of rotatable bonds is 9. The molecule has 2 aromatic rings. The van der Waals surface area contributed by atoms with Gasteiger partial charge in [-0.05, 0) is 31.2 Å². The molecule has 0 saturated carbocycles. The Hall–Kier alpha value is -3.14. The second kappa shape index (κ2) is 11.6. The Kier molecular flexibility index (Phi) is 8.65. The van der Waals surface area contributed by atoms with Crippen molar-refractivity contribution in [2.45, 2.75) is 13.5 Å². The molecule has 0 spiro atoms. The number of carbonyl (C=O) groups is 2. The van der Waals surface area contributed by atoms with Gasteiger partial charge in [0.15, 0.2) is 6.61 Å². The Morgan fingerprint density at radius 3 is 2.64 bits per heavy atom. The van der Waals surface area contributed by atoms with Gasteiger partial charge in [-0.25, -0.2) is 5.01 Å². The Labute approximate surface area is 197 Å². The number of morpholine rings is 1. The number of halogens is 1. The van der Waals surface area contributed by atoms with Crippen LogP contribution in [0.25, 0.3) is 0 Å². The highest BCUT2D eigenvalue weighted by Gasteiger charge is 2.23. The van der Waals surface area contributed by atoms with Crippen molar-refractivity contribution in [2.24, 2.45) is 5.73 Å². The molecule has 1 aliphatic heterocycles. The van der Waals surface area contributed by atoms with Crippen molar-refractivity contribution in [2.75, 3.05) is 39.5 Å². The van der Waals surface area contributed by atoms with Crippen molar-refractivity contribution in [1.82, 2.24) is 15.3 Å². The van der Waals surface area contributed by atoms with Crippen LogP contribution < -0.4 is 15.8 Å². The van der Waals surface area contributed by atoms with Gasteiger partial charge < -0.3 is 20.5 Å². The van der Waals surface area contributed by atoms with Crippen LogP contribution in [0.2, 0.25) is 5.02 Å². The summed E-state index contributed by atoms with van der Waals surface area (Å²) in [6.07, 6.45) is 0. The zero-order valence-corrected chi connectivity index (χ0v) is 19.2. The van der Waals surface area contributed by atoms with E-state index in [-0.39, 0.29) is 30.8 Å². The summed E-state index contributed by atoms with van der Waals surface area (Å²) in [7, 11) is 0. The molecule has 1 saturated heterocycles. The number of amidine groups is 1. The number of likely N-dealkylation sites (N-methyl/N-ethyl adjacent to an activating group) is 1. The zero-order valence-electron chi connectivity index (χ0n) is 18.5. The highest BCUT2D eigenvalue weighted by molar-refractivity contribution is 6.30. The number of ether oxygens (including phenoxy) is 2. The predicted molar refractivity (Wildman–Crippen MR) is 125 cm³/mol. The normalized spacial score (nSPS) is 13.9. The largest absolute Gasteiger partial charge is 0.483 e. The fraction of sp³-hybridized carbons (Fsp3) is 0.348. The van der Waals surface area contributed by atoms with E-state index in [4.69, 9.17) is 32.2 Å². The van der Waals surface area contributed by atoms with Gasteiger partial charge in [0.2, 0.25) is 0 Å². The number of nitrogens with zero attached hydrogens (tertiary/aromatic N) is 2. The lowest BCUT2D eigenvalue weighted by atomic mass is 10.1. The first-order valence-corrected chi connectivity index (χ1v) is 11.0. The SMILES string of the molecule is CCN(C(=O)COc1cc(C(=N)N)ccc1CNC(=O)c1cccc(Cl)c1)N1CCOCC1. The van der Waals surface area contributed by atoms with Crippen LogP contribution in [0.5, 0.6) is 5.75 Å². The van der Waals surface area contributed by atoms with Gasteiger partial charge >= 0.3 is 0 Å². The summed E-state index contributed by atoms with van der Waals surface area (Å²) in [6.45, 7) is 4.80. The number of benzene rings is 2. The number of hydrazine groups is 1. The molecule has 1 aliphatic rings. The van der Waals surface area contributed by atoms with Gasteiger partial charge in [0.1, 0.15) is 11.6 Å². The molecule has 176 valence electrons. The maximum atomic E-state index is 12.8. The van der Waals surface area contributed by atoms with Crippen molar-refractivity contribution in [3.05, 3.63) is 64.2 Å². The minimum atomic E-state index is -0.292. The summed E-state index contributed by atoms with van der Waals surface area (Å²) >= 11 is 5.96. The second-order valence-corrected chi connectivity index (χ2v) is 7.83. The molecule has 1 heterocycles. The van der Waals surface area contributed by atoms with Crippen LogP contribution in [0.4, 0.5) is 0 Å². The predicted octanol–water partition coefficient (Wildman–Crippen LogP) is 2.03. The Balaban J connectivity index is 1.70. The van der Waals surface area contributed by atoms with Gasteiger partial charge in [-0.15, -0.1) is 0 Å². The fourth-order valence-corrected chi connectivity index (χ4v) is 3.64. The van der Waals surface area contributed by atoms with Crippen molar-refractivity contribution >= 4 is 29.3 Å². The van der Waals surface area contributed by atoms with Crippen LogP contribution >= 0.6 is 11.6 Å². The molecule has 2 aromatic carbocycles. The molecule has 0 aliphatic carbocycles. The number of hydrogen-bond acceptors (Lipinski definition) is 6. The third-order valence-corrected chi connectivity index (χ3v) is 5.41. The molecule has 4 N–H and O–H groups in total. The van der Waals surface area contributed by atoms with E-state index in [1.54, 1.807) is 47.5 Å². The molecule has 3 rings (SSSR count). The minimum absolute atomic E-state index is 0.121. The van der Waals surface area contributed by atoms with Crippen LogP contribution in [0, 0.1) is 5.41 Å². The molecule has 0 atom stereocenters. The smallest absolute Gasteiger partial charge is 0.274 e. The molecule has 9 nitrogen and oxygen atoms in total. The Morgan fingerprint density at radius 2 is 1.97 bits per heavy atom. The Bertz CT molecular complexity index is 1010. The number of nitrogens with two attached hydrogens (primary N) is 1. The number of hydrogen-bond donors (Lipinski definition) is 3. The Morgan fingerprint density at radius 1 is 1.21 bits per heavy atom. The monoisotopic (exact) mass is 473 g/mol. The fourth-order valence-electron chi connectivity index (χ4n) is 3.45. The number of carbonyl (C=O) groups excluding carboxylic acids is 2. The molecule has 0 radical (unpaired) electrons. The third kappa shape index (κ3) is 6.67. The quantitative estimate of drug-likeness (QED) is 0.378. The van der Waals surface area contributed by atoms with E-state index in [2.05, 4.69) is 5.32 Å².